The van der Waals surface area contributed by atoms with Crippen molar-refractivity contribution in [3.63, 3.8) is 0 Å². The van der Waals surface area contributed by atoms with Gasteiger partial charge in [-0.05, 0) is 38.1 Å². The highest BCUT2D eigenvalue weighted by atomic mass is 32.2. The van der Waals surface area contributed by atoms with Gasteiger partial charge in [0, 0.05) is 9.79 Å². The third-order valence-electron chi connectivity index (χ3n) is 2.28. The zero-order valence-corrected chi connectivity index (χ0v) is 9.84. The molecule has 0 unspecified atom stereocenters. The minimum atomic E-state index is 1.30. The maximum atomic E-state index is 2.17. The van der Waals surface area contributed by atoms with Gasteiger partial charge in [-0.25, -0.2) is 0 Å². The molecule has 15 heavy (non-hydrogen) atoms. The molecule has 2 rings (SSSR count). The Morgan fingerprint density at radius 3 is 1.27 bits per heavy atom. The Morgan fingerprint density at radius 2 is 0.933 bits per heavy atom. The Hall–Kier alpha value is -1.21. The van der Waals surface area contributed by atoms with Crippen molar-refractivity contribution in [3.8, 4) is 0 Å². The monoisotopic (exact) mass is 214 g/mol. The number of rotatable bonds is 2. The average molecular weight is 214 g/mol. The van der Waals surface area contributed by atoms with Gasteiger partial charge in [0.25, 0.3) is 0 Å². The van der Waals surface area contributed by atoms with E-state index in [2.05, 4.69) is 62.4 Å². The first-order valence-electron chi connectivity index (χ1n) is 5.05. The lowest BCUT2D eigenvalue weighted by molar-refractivity contribution is 1.34. The summed E-state index contributed by atoms with van der Waals surface area (Å²) in [6.07, 6.45) is 0. The fourth-order valence-electron chi connectivity index (χ4n) is 1.35. The fourth-order valence-corrected chi connectivity index (χ4v) is 2.17. The van der Waals surface area contributed by atoms with Crippen molar-refractivity contribution in [1.29, 1.82) is 0 Å². The Balaban J connectivity index is 2.15. The Kier molecular flexibility index (Phi) is 3.12. The highest BCUT2D eigenvalue weighted by Crippen LogP contribution is 2.27. The Labute approximate surface area is 95.3 Å². The summed E-state index contributed by atoms with van der Waals surface area (Å²) < 4.78 is 0. The fraction of sp³-hybridized carbons (Fsp3) is 0.143. The second-order valence-electron chi connectivity index (χ2n) is 3.73. The standard InChI is InChI=1S/C14H14S/c1-11-3-7-13(8-4-11)15-14-9-5-12(2)6-10-14/h3-10H,1-2H3. The summed E-state index contributed by atoms with van der Waals surface area (Å²) in [7, 11) is 0. The molecule has 76 valence electrons. The largest absolute Gasteiger partial charge is 0.0901 e. The number of hydrogen-bond donors (Lipinski definition) is 0. The summed E-state index contributed by atoms with van der Waals surface area (Å²) in [4.78, 5) is 2.59. The second-order valence-corrected chi connectivity index (χ2v) is 4.88. The second kappa shape index (κ2) is 4.54. The molecule has 0 nitrogen and oxygen atoms in total. The van der Waals surface area contributed by atoms with E-state index in [1.165, 1.54) is 20.9 Å². The molecule has 0 aliphatic heterocycles. The molecule has 2 aromatic rings. The van der Waals surface area contributed by atoms with Crippen LogP contribution in [0.2, 0.25) is 0 Å². The van der Waals surface area contributed by atoms with Crippen molar-refractivity contribution in [2.45, 2.75) is 23.6 Å². The summed E-state index contributed by atoms with van der Waals surface area (Å²) in [6.45, 7) is 4.22. The smallest absolute Gasteiger partial charge is 0.0122 e. The van der Waals surface area contributed by atoms with Crippen LogP contribution in [0.25, 0.3) is 0 Å². The van der Waals surface area contributed by atoms with Crippen LogP contribution in [-0.4, -0.2) is 0 Å². The molecule has 0 aliphatic carbocycles. The lowest BCUT2D eigenvalue weighted by Crippen LogP contribution is -1.76. The van der Waals surface area contributed by atoms with Crippen molar-refractivity contribution in [1.82, 2.24) is 0 Å². The first kappa shape index (κ1) is 10.3. The molecule has 0 spiro atoms. The molecule has 2 aromatic carbocycles. The molecule has 0 aromatic heterocycles. The van der Waals surface area contributed by atoms with Crippen LogP contribution in [0.5, 0.6) is 0 Å². The molecule has 0 aliphatic rings. The first-order valence-corrected chi connectivity index (χ1v) is 5.87. The van der Waals surface area contributed by atoms with Crippen LogP contribution in [0, 0.1) is 13.8 Å². The van der Waals surface area contributed by atoms with E-state index in [4.69, 9.17) is 0 Å². The van der Waals surface area contributed by atoms with E-state index in [0.717, 1.165) is 0 Å². The van der Waals surface area contributed by atoms with Crippen molar-refractivity contribution >= 4 is 11.8 Å². The summed E-state index contributed by atoms with van der Waals surface area (Å²) in [6, 6.07) is 17.3. The van der Waals surface area contributed by atoms with Gasteiger partial charge in [0.1, 0.15) is 0 Å². The van der Waals surface area contributed by atoms with E-state index in [9.17, 15) is 0 Å². The highest BCUT2D eigenvalue weighted by Gasteiger charge is 1.96. The van der Waals surface area contributed by atoms with Crippen molar-refractivity contribution in [2.24, 2.45) is 0 Å². The van der Waals surface area contributed by atoms with Gasteiger partial charge < -0.3 is 0 Å². The summed E-state index contributed by atoms with van der Waals surface area (Å²) >= 11 is 1.80. The van der Waals surface area contributed by atoms with Crippen LogP contribution < -0.4 is 0 Å². The summed E-state index contributed by atoms with van der Waals surface area (Å²) in [5.41, 5.74) is 2.62. The lowest BCUT2D eigenvalue weighted by Gasteiger charge is -2.02. The summed E-state index contributed by atoms with van der Waals surface area (Å²) in [5.74, 6) is 0. The predicted octanol–water partition coefficient (Wildman–Crippen LogP) is 4.45. The van der Waals surface area contributed by atoms with Gasteiger partial charge >= 0.3 is 0 Å². The normalized spacial score (nSPS) is 10.3. The molecule has 0 atom stereocenters. The van der Waals surface area contributed by atoms with Gasteiger partial charge in [0.2, 0.25) is 0 Å². The van der Waals surface area contributed by atoms with Gasteiger partial charge in [-0.2, -0.15) is 0 Å². The molecule has 0 amide bonds. The number of benzene rings is 2. The molecule has 1 heteroatoms. The molecular formula is C14H14S. The van der Waals surface area contributed by atoms with Crippen LogP contribution >= 0.6 is 11.8 Å². The maximum absolute atomic E-state index is 2.17. The zero-order valence-electron chi connectivity index (χ0n) is 9.03. The average Bonchev–Trinajstić information content (AvgIpc) is 2.25. The van der Waals surface area contributed by atoms with Gasteiger partial charge in [-0.3, -0.25) is 0 Å². The molecule has 0 radical (unpaired) electrons. The minimum absolute atomic E-state index is 1.30. The Morgan fingerprint density at radius 1 is 0.600 bits per heavy atom. The van der Waals surface area contributed by atoms with Gasteiger partial charge in [0.05, 0.1) is 0 Å². The number of hydrogen-bond acceptors (Lipinski definition) is 1. The topological polar surface area (TPSA) is 0 Å². The zero-order chi connectivity index (χ0) is 10.7. The van der Waals surface area contributed by atoms with Crippen molar-refractivity contribution < 1.29 is 0 Å². The third-order valence-corrected chi connectivity index (χ3v) is 3.29. The van der Waals surface area contributed by atoms with Gasteiger partial charge in [-0.1, -0.05) is 47.2 Å². The molecule has 0 N–H and O–H groups in total. The van der Waals surface area contributed by atoms with E-state index < -0.39 is 0 Å². The van der Waals surface area contributed by atoms with E-state index >= 15 is 0 Å². The van der Waals surface area contributed by atoms with E-state index in [0.29, 0.717) is 0 Å². The van der Waals surface area contributed by atoms with Crippen molar-refractivity contribution in [3.05, 3.63) is 59.7 Å². The highest BCUT2D eigenvalue weighted by molar-refractivity contribution is 7.99. The molecule has 0 heterocycles. The van der Waals surface area contributed by atoms with E-state index in [1.807, 2.05) is 0 Å². The SMILES string of the molecule is Cc1ccc(Sc2ccc(C)cc2)cc1. The number of aryl methyl sites for hydroxylation is 2. The quantitative estimate of drug-likeness (QED) is 0.711. The summed E-state index contributed by atoms with van der Waals surface area (Å²) in [5, 5.41) is 0. The molecular weight excluding hydrogens is 200 g/mol. The Bertz CT molecular complexity index is 382. The van der Waals surface area contributed by atoms with Gasteiger partial charge in [-0.15, -0.1) is 0 Å². The molecule has 0 fully saturated rings. The van der Waals surface area contributed by atoms with Crippen LogP contribution in [0.15, 0.2) is 58.3 Å². The third kappa shape index (κ3) is 2.87. The molecule has 0 saturated carbocycles. The minimum Gasteiger partial charge on any atom is -0.0901 e. The maximum Gasteiger partial charge on any atom is 0.0122 e. The van der Waals surface area contributed by atoms with E-state index in [-0.39, 0.29) is 0 Å². The van der Waals surface area contributed by atoms with Crippen molar-refractivity contribution in [2.75, 3.05) is 0 Å². The first-order chi connectivity index (χ1) is 7.24. The van der Waals surface area contributed by atoms with Crippen LogP contribution in [0.1, 0.15) is 11.1 Å². The van der Waals surface area contributed by atoms with Crippen LogP contribution in [0.4, 0.5) is 0 Å². The predicted molar refractivity (Wildman–Crippen MR) is 66.5 cm³/mol. The molecule has 0 bridgehead atoms. The van der Waals surface area contributed by atoms with Crippen LogP contribution in [-0.2, 0) is 0 Å². The van der Waals surface area contributed by atoms with E-state index in [1.54, 1.807) is 11.8 Å². The van der Waals surface area contributed by atoms with Gasteiger partial charge in [0.15, 0.2) is 0 Å². The lowest BCUT2D eigenvalue weighted by atomic mass is 10.2. The molecule has 0 saturated heterocycles. The van der Waals surface area contributed by atoms with Crippen LogP contribution in [0.3, 0.4) is 0 Å².